The van der Waals surface area contributed by atoms with Gasteiger partial charge < -0.3 is 10.2 Å². The minimum absolute atomic E-state index is 0.0254. The molecule has 1 atom stereocenters. The van der Waals surface area contributed by atoms with Crippen molar-refractivity contribution < 1.29 is 0 Å². The predicted octanol–water partition coefficient (Wildman–Crippen LogP) is 4.37. The van der Waals surface area contributed by atoms with E-state index >= 15 is 0 Å². The Morgan fingerprint density at radius 1 is 1.00 bits per heavy atom. The van der Waals surface area contributed by atoms with E-state index in [9.17, 15) is 0 Å². The summed E-state index contributed by atoms with van der Waals surface area (Å²) in [5.41, 5.74) is 3.31. The van der Waals surface area contributed by atoms with Crippen molar-refractivity contribution >= 4 is 28.9 Å². The molecule has 0 saturated carbocycles. The van der Waals surface area contributed by atoms with Gasteiger partial charge in [-0.2, -0.15) is 0 Å². The lowest BCUT2D eigenvalue weighted by molar-refractivity contribution is 0.692. The highest BCUT2D eigenvalue weighted by molar-refractivity contribution is 6.42. The molecule has 0 fully saturated rings. The first kappa shape index (κ1) is 15.2. The van der Waals surface area contributed by atoms with Crippen LogP contribution in [0.3, 0.4) is 0 Å². The summed E-state index contributed by atoms with van der Waals surface area (Å²) in [7, 11) is 5.97. The van der Waals surface area contributed by atoms with Crippen molar-refractivity contribution in [2.75, 3.05) is 26.0 Å². The number of rotatable bonds is 4. The van der Waals surface area contributed by atoms with E-state index in [-0.39, 0.29) is 6.04 Å². The highest BCUT2D eigenvalue weighted by Gasteiger charge is 2.16. The fourth-order valence-corrected chi connectivity index (χ4v) is 2.63. The van der Waals surface area contributed by atoms with Crippen LogP contribution in [0.2, 0.25) is 10.0 Å². The molecule has 0 heterocycles. The lowest BCUT2D eigenvalue weighted by Gasteiger charge is -2.20. The minimum Gasteiger partial charge on any atom is -0.378 e. The fourth-order valence-electron chi connectivity index (χ4n) is 2.21. The van der Waals surface area contributed by atoms with Crippen LogP contribution in [0.25, 0.3) is 0 Å². The molecule has 106 valence electrons. The van der Waals surface area contributed by atoms with Gasteiger partial charge in [0.15, 0.2) is 0 Å². The maximum absolute atomic E-state index is 6.32. The molecule has 2 rings (SSSR count). The van der Waals surface area contributed by atoms with E-state index in [1.165, 1.54) is 5.69 Å². The van der Waals surface area contributed by atoms with Gasteiger partial charge >= 0.3 is 0 Å². The van der Waals surface area contributed by atoms with Crippen molar-refractivity contribution in [2.45, 2.75) is 6.04 Å². The molecular formula is C16H18Cl2N2. The fraction of sp³-hybridized carbons (Fsp3) is 0.250. The zero-order chi connectivity index (χ0) is 14.7. The summed E-state index contributed by atoms with van der Waals surface area (Å²) in [6.45, 7) is 0. The van der Waals surface area contributed by atoms with Crippen LogP contribution in [0.15, 0.2) is 42.5 Å². The molecule has 0 saturated heterocycles. The molecule has 0 bridgehead atoms. The van der Waals surface area contributed by atoms with Gasteiger partial charge in [-0.15, -0.1) is 0 Å². The SMILES string of the molecule is CNC(c1ccc(N(C)C)cc1)c1cccc(Cl)c1Cl. The van der Waals surface area contributed by atoms with Gasteiger partial charge in [0.05, 0.1) is 16.1 Å². The van der Waals surface area contributed by atoms with Gasteiger partial charge in [0.1, 0.15) is 0 Å². The van der Waals surface area contributed by atoms with E-state index in [2.05, 4.69) is 34.5 Å². The summed E-state index contributed by atoms with van der Waals surface area (Å²) in [6.07, 6.45) is 0. The maximum Gasteiger partial charge on any atom is 0.0643 e. The number of hydrogen-bond donors (Lipinski definition) is 1. The van der Waals surface area contributed by atoms with Crippen LogP contribution in [-0.4, -0.2) is 21.1 Å². The number of anilines is 1. The largest absolute Gasteiger partial charge is 0.378 e. The Hall–Kier alpha value is -1.22. The van der Waals surface area contributed by atoms with Crippen LogP contribution in [0, 0.1) is 0 Å². The van der Waals surface area contributed by atoms with Crippen LogP contribution in [0.5, 0.6) is 0 Å². The highest BCUT2D eigenvalue weighted by atomic mass is 35.5. The maximum atomic E-state index is 6.32. The Bertz CT molecular complexity index is 580. The second-order valence-electron chi connectivity index (χ2n) is 4.85. The second kappa shape index (κ2) is 6.49. The molecular weight excluding hydrogens is 291 g/mol. The van der Waals surface area contributed by atoms with Gasteiger partial charge in [-0.05, 0) is 36.4 Å². The van der Waals surface area contributed by atoms with Crippen molar-refractivity contribution in [3.63, 3.8) is 0 Å². The molecule has 0 aliphatic carbocycles. The van der Waals surface area contributed by atoms with Gasteiger partial charge in [0.25, 0.3) is 0 Å². The van der Waals surface area contributed by atoms with E-state index < -0.39 is 0 Å². The molecule has 1 unspecified atom stereocenters. The van der Waals surface area contributed by atoms with Crippen LogP contribution in [-0.2, 0) is 0 Å². The van der Waals surface area contributed by atoms with Crippen molar-refractivity contribution in [1.82, 2.24) is 5.32 Å². The third kappa shape index (κ3) is 3.09. The summed E-state index contributed by atoms with van der Waals surface area (Å²) in [5.74, 6) is 0. The molecule has 0 aromatic heterocycles. The summed E-state index contributed by atoms with van der Waals surface area (Å²) >= 11 is 12.4. The van der Waals surface area contributed by atoms with Crippen molar-refractivity contribution in [3.8, 4) is 0 Å². The molecule has 0 aliphatic heterocycles. The van der Waals surface area contributed by atoms with Crippen LogP contribution < -0.4 is 10.2 Å². The Kier molecular flexibility index (Phi) is 4.92. The third-order valence-electron chi connectivity index (χ3n) is 3.32. The predicted molar refractivity (Wildman–Crippen MR) is 88.1 cm³/mol. The zero-order valence-corrected chi connectivity index (χ0v) is 13.3. The van der Waals surface area contributed by atoms with E-state index in [0.29, 0.717) is 10.0 Å². The van der Waals surface area contributed by atoms with Crippen molar-refractivity contribution in [2.24, 2.45) is 0 Å². The molecule has 0 radical (unpaired) electrons. The first-order chi connectivity index (χ1) is 9.54. The Morgan fingerprint density at radius 3 is 2.20 bits per heavy atom. The lowest BCUT2D eigenvalue weighted by Crippen LogP contribution is -2.18. The minimum atomic E-state index is 0.0254. The first-order valence-corrected chi connectivity index (χ1v) is 7.18. The monoisotopic (exact) mass is 308 g/mol. The van der Waals surface area contributed by atoms with E-state index in [0.717, 1.165) is 11.1 Å². The number of halogens is 2. The zero-order valence-electron chi connectivity index (χ0n) is 11.8. The lowest BCUT2D eigenvalue weighted by atomic mass is 9.98. The smallest absolute Gasteiger partial charge is 0.0643 e. The quantitative estimate of drug-likeness (QED) is 0.902. The van der Waals surface area contributed by atoms with Crippen molar-refractivity contribution in [1.29, 1.82) is 0 Å². The Balaban J connectivity index is 2.39. The Morgan fingerprint density at radius 2 is 1.65 bits per heavy atom. The topological polar surface area (TPSA) is 15.3 Å². The number of benzene rings is 2. The summed E-state index contributed by atoms with van der Waals surface area (Å²) in [6, 6.07) is 14.1. The molecule has 20 heavy (non-hydrogen) atoms. The third-order valence-corrected chi connectivity index (χ3v) is 4.16. The number of nitrogens with zero attached hydrogens (tertiary/aromatic N) is 1. The van der Waals surface area contributed by atoms with Crippen LogP contribution in [0.1, 0.15) is 17.2 Å². The molecule has 2 nitrogen and oxygen atoms in total. The number of hydrogen-bond acceptors (Lipinski definition) is 2. The standard InChI is InChI=1S/C16H18Cl2N2/c1-19-16(13-5-4-6-14(17)15(13)18)11-7-9-12(10-8-11)20(2)3/h4-10,16,19H,1-3H3. The van der Waals surface area contributed by atoms with Crippen LogP contribution in [0.4, 0.5) is 5.69 Å². The molecule has 0 spiro atoms. The normalized spacial score (nSPS) is 12.2. The molecule has 2 aromatic rings. The van der Waals surface area contributed by atoms with Crippen LogP contribution >= 0.6 is 23.2 Å². The molecule has 1 N–H and O–H groups in total. The van der Waals surface area contributed by atoms with Gasteiger partial charge in [-0.3, -0.25) is 0 Å². The Labute approximate surface area is 130 Å². The average molecular weight is 309 g/mol. The van der Waals surface area contributed by atoms with E-state index in [4.69, 9.17) is 23.2 Å². The van der Waals surface area contributed by atoms with Gasteiger partial charge in [-0.25, -0.2) is 0 Å². The average Bonchev–Trinajstić information content (AvgIpc) is 2.45. The van der Waals surface area contributed by atoms with E-state index in [1.54, 1.807) is 6.07 Å². The molecule has 2 aromatic carbocycles. The summed E-state index contributed by atoms with van der Waals surface area (Å²) in [4.78, 5) is 2.07. The highest BCUT2D eigenvalue weighted by Crippen LogP contribution is 2.33. The first-order valence-electron chi connectivity index (χ1n) is 6.43. The molecule has 0 aliphatic rings. The second-order valence-corrected chi connectivity index (χ2v) is 5.64. The molecule has 4 heteroatoms. The molecule has 0 amide bonds. The van der Waals surface area contributed by atoms with Gasteiger partial charge in [0, 0.05) is 19.8 Å². The summed E-state index contributed by atoms with van der Waals surface area (Å²) < 4.78 is 0. The van der Waals surface area contributed by atoms with Gasteiger partial charge in [0.2, 0.25) is 0 Å². The van der Waals surface area contributed by atoms with Gasteiger partial charge in [-0.1, -0.05) is 47.5 Å². The van der Waals surface area contributed by atoms with E-state index in [1.807, 2.05) is 33.3 Å². The number of nitrogens with one attached hydrogen (secondary N) is 1. The summed E-state index contributed by atoms with van der Waals surface area (Å²) in [5, 5.41) is 4.47. The van der Waals surface area contributed by atoms with Crippen molar-refractivity contribution in [3.05, 3.63) is 63.6 Å².